The Hall–Kier alpha value is -2.70. The predicted molar refractivity (Wildman–Crippen MR) is 71.6 cm³/mol. The molecule has 0 aromatic carbocycles. The normalized spacial score (nSPS) is 10.3. The third-order valence-electron chi connectivity index (χ3n) is 2.91. The number of carboxylic acid groups (broad SMARTS) is 1. The van der Waals surface area contributed by atoms with Gasteiger partial charge in [0, 0.05) is 17.5 Å². The van der Waals surface area contributed by atoms with Gasteiger partial charge >= 0.3 is 5.97 Å². The number of aromatic carboxylic acids is 1. The van der Waals surface area contributed by atoms with Gasteiger partial charge in [-0.1, -0.05) is 0 Å². The van der Waals surface area contributed by atoms with E-state index in [4.69, 9.17) is 5.11 Å². The second kappa shape index (κ2) is 5.52. The van der Waals surface area contributed by atoms with Gasteiger partial charge in [-0.25, -0.2) is 9.78 Å². The van der Waals surface area contributed by atoms with Crippen molar-refractivity contribution in [2.75, 3.05) is 5.32 Å². The van der Waals surface area contributed by atoms with E-state index in [-0.39, 0.29) is 23.7 Å². The molecule has 104 valence electrons. The molecule has 2 heterocycles. The highest BCUT2D eigenvalue weighted by atomic mass is 16.4. The van der Waals surface area contributed by atoms with E-state index in [2.05, 4.69) is 20.5 Å². The van der Waals surface area contributed by atoms with Crippen molar-refractivity contribution in [2.45, 2.75) is 20.3 Å². The van der Waals surface area contributed by atoms with Gasteiger partial charge in [-0.3, -0.25) is 9.89 Å². The van der Waals surface area contributed by atoms with Gasteiger partial charge in [-0.05, 0) is 26.0 Å². The van der Waals surface area contributed by atoms with Crippen LogP contribution in [0.15, 0.2) is 18.3 Å². The molecule has 0 atom stereocenters. The van der Waals surface area contributed by atoms with Crippen LogP contribution in [-0.2, 0) is 11.2 Å². The van der Waals surface area contributed by atoms with Crippen molar-refractivity contribution in [3.05, 3.63) is 40.8 Å². The number of aromatic nitrogens is 3. The zero-order valence-corrected chi connectivity index (χ0v) is 11.1. The van der Waals surface area contributed by atoms with Crippen molar-refractivity contribution in [3.63, 3.8) is 0 Å². The lowest BCUT2D eigenvalue weighted by Gasteiger charge is -2.07. The second-order valence-corrected chi connectivity index (χ2v) is 4.34. The summed E-state index contributed by atoms with van der Waals surface area (Å²) in [6.07, 6.45) is 1.54. The minimum atomic E-state index is -1.14. The molecule has 0 spiro atoms. The molecule has 0 radical (unpaired) electrons. The molecule has 0 aliphatic rings. The Labute approximate surface area is 115 Å². The lowest BCUT2D eigenvalue weighted by atomic mass is 10.1. The number of pyridine rings is 1. The van der Waals surface area contributed by atoms with Gasteiger partial charge in [0.25, 0.3) is 0 Å². The van der Waals surface area contributed by atoms with E-state index in [0.717, 1.165) is 17.0 Å². The molecule has 0 fully saturated rings. The van der Waals surface area contributed by atoms with Crippen LogP contribution in [0.4, 0.5) is 5.82 Å². The zero-order valence-electron chi connectivity index (χ0n) is 11.1. The number of aromatic amines is 1. The van der Waals surface area contributed by atoms with Crippen molar-refractivity contribution >= 4 is 17.7 Å². The topological polar surface area (TPSA) is 108 Å². The summed E-state index contributed by atoms with van der Waals surface area (Å²) in [6.45, 7) is 3.63. The van der Waals surface area contributed by atoms with Gasteiger partial charge in [0.1, 0.15) is 11.4 Å². The molecule has 2 aromatic heterocycles. The van der Waals surface area contributed by atoms with Crippen LogP contribution in [0, 0.1) is 13.8 Å². The number of H-pyrrole nitrogens is 1. The highest BCUT2D eigenvalue weighted by Gasteiger charge is 2.15. The summed E-state index contributed by atoms with van der Waals surface area (Å²) < 4.78 is 0. The largest absolute Gasteiger partial charge is 0.478 e. The molecule has 2 rings (SSSR count). The Morgan fingerprint density at radius 2 is 2.15 bits per heavy atom. The van der Waals surface area contributed by atoms with E-state index < -0.39 is 5.97 Å². The first-order valence-corrected chi connectivity index (χ1v) is 5.97. The highest BCUT2D eigenvalue weighted by molar-refractivity contribution is 5.99. The Morgan fingerprint density at radius 1 is 1.40 bits per heavy atom. The van der Waals surface area contributed by atoms with Gasteiger partial charge in [-0.2, -0.15) is 5.10 Å². The van der Waals surface area contributed by atoms with E-state index in [1.807, 2.05) is 6.92 Å². The average molecular weight is 274 g/mol. The highest BCUT2D eigenvalue weighted by Crippen LogP contribution is 2.14. The number of hydrogen-bond donors (Lipinski definition) is 3. The zero-order chi connectivity index (χ0) is 14.7. The first-order chi connectivity index (χ1) is 9.49. The van der Waals surface area contributed by atoms with Crippen LogP contribution in [-0.4, -0.2) is 32.2 Å². The molecule has 1 amide bonds. The molecule has 0 aliphatic carbocycles. The second-order valence-electron chi connectivity index (χ2n) is 4.34. The first kappa shape index (κ1) is 13.7. The number of nitrogens with one attached hydrogen (secondary N) is 2. The van der Waals surface area contributed by atoms with Gasteiger partial charge in [0.05, 0.1) is 12.1 Å². The maximum absolute atomic E-state index is 12.0. The number of carbonyl (C=O) groups is 2. The Morgan fingerprint density at radius 3 is 2.75 bits per heavy atom. The van der Waals surface area contributed by atoms with Gasteiger partial charge < -0.3 is 10.4 Å². The number of rotatable bonds is 4. The summed E-state index contributed by atoms with van der Waals surface area (Å²) in [5.74, 6) is -1.42. The third-order valence-corrected chi connectivity index (χ3v) is 2.91. The number of nitrogens with zero attached hydrogens (tertiary/aromatic N) is 2. The average Bonchev–Trinajstić information content (AvgIpc) is 2.71. The number of carboxylic acids is 1. The molecule has 0 aliphatic heterocycles. The van der Waals surface area contributed by atoms with Crippen LogP contribution in [0.25, 0.3) is 0 Å². The summed E-state index contributed by atoms with van der Waals surface area (Å²) >= 11 is 0. The van der Waals surface area contributed by atoms with Crippen molar-refractivity contribution in [3.8, 4) is 0 Å². The Kier molecular flexibility index (Phi) is 3.79. The number of amides is 1. The monoisotopic (exact) mass is 274 g/mol. The van der Waals surface area contributed by atoms with Crippen molar-refractivity contribution < 1.29 is 14.7 Å². The number of aryl methyl sites for hydroxylation is 2. The molecule has 20 heavy (non-hydrogen) atoms. The molecule has 7 nitrogen and oxygen atoms in total. The maximum atomic E-state index is 12.0. The van der Waals surface area contributed by atoms with Crippen molar-refractivity contribution in [1.82, 2.24) is 15.2 Å². The number of carbonyl (C=O) groups excluding carboxylic acids is 1. The van der Waals surface area contributed by atoms with E-state index in [1.165, 1.54) is 18.3 Å². The fraction of sp³-hybridized carbons (Fsp3) is 0.231. The molecule has 7 heteroatoms. The first-order valence-electron chi connectivity index (χ1n) is 5.97. The van der Waals surface area contributed by atoms with E-state index in [9.17, 15) is 9.59 Å². The van der Waals surface area contributed by atoms with Crippen LogP contribution in [0.2, 0.25) is 0 Å². The van der Waals surface area contributed by atoms with E-state index in [1.54, 1.807) is 6.92 Å². The summed E-state index contributed by atoms with van der Waals surface area (Å²) in [7, 11) is 0. The summed E-state index contributed by atoms with van der Waals surface area (Å²) in [6, 6.07) is 2.89. The van der Waals surface area contributed by atoms with Gasteiger partial charge in [0.15, 0.2) is 0 Å². The minimum Gasteiger partial charge on any atom is -0.478 e. The van der Waals surface area contributed by atoms with Crippen LogP contribution in [0.1, 0.15) is 27.3 Å². The molecule has 0 saturated heterocycles. The molecule has 0 bridgehead atoms. The lowest BCUT2D eigenvalue weighted by Crippen LogP contribution is -2.18. The molecule has 3 N–H and O–H groups in total. The van der Waals surface area contributed by atoms with Gasteiger partial charge in [-0.15, -0.1) is 0 Å². The van der Waals surface area contributed by atoms with Crippen LogP contribution in [0.3, 0.4) is 0 Å². The van der Waals surface area contributed by atoms with E-state index in [0.29, 0.717) is 0 Å². The maximum Gasteiger partial charge on any atom is 0.339 e. The Bertz CT molecular complexity index is 644. The van der Waals surface area contributed by atoms with Crippen LogP contribution < -0.4 is 5.32 Å². The molecule has 2 aromatic rings. The van der Waals surface area contributed by atoms with Gasteiger partial charge in [0.2, 0.25) is 5.91 Å². The standard InChI is InChI=1S/C13H14N4O3/c1-7-10(8(2)17-16-7)6-11(18)15-12-9(13(19)20)4-3-5-14-12/h3-5H,6H2,1-2H3,(H,16,17)(H,19,20)(H,14,15,18). The summed E-state index contributed by atoms with van der Waals surface area (Å²) in [5, 5.41) is 18.3. The third kappa shape index (κ3) is 2.82. The quantitative estimate of drug-likeness (QED) is 0.778. The fourth-order valence-electron chi connectivity index (χ4n) is 1.85. The predicted octanol–water partition coefficient (Wildman–Crippen LogP) is 1.30. The lowest BCUT2D eigenvalue weighted by molar-refractivity contribution is -0.115. The number of anilines is 1. The van der Waals surface area contributed by atoms with E-state index >= 15 is 0 Å². The minimum absolute atomic E-state index is 0.0403. The molecular formula is C13H14N4O3. The summed E-state index contributed by atoms with van der Waals surface area (Å²) in [5.41, 5.74) is 2.33. The number of hydrogen-bond acceptors (Lipinski definition) is 4. The Balaban J connectivity index is 2.15. The SMILES string of the molecule is Cc1n[nH]c(C)c1CC(=O)Nc1ncccc1C(=O)O. The molecule has 0 saturated carbocycles. The molecular weight excluding hydrogens is 260 g/mol. The fourth-order valence-corrected chi connectivity index (χ4v) is 1.85. The molecule has 0 unspecified atom stereocenters. The van der Waals surface area contributed by atoms with Crippen molar-refractivity contribution in [2.24, 2.45) is 0 Å². The smallest absolute Gasteiger partial charge is 0.339 e. The van der Waals surface area contributed by atoms with Crippen LogP contribution in [0.5, 0.6) is 0 Å². The van der Waals surface area contributed by atoms with Crippen molar-refractivity contribution in [1.29, 1.82) is 0 Å². The van der Waals surface area contributed by atoms with Crippen LogP contribution >= 0.6 is 0 Å². The summed E-state index contributed by atoms with van der Waals surface area (Å²) in [4.78, 5) is 26.9.